The number of Topliss-reactive ketones (excluding diaryl/α,β-unsaturated/α-hetero) is 2. The molecule has 0 heterocycles. The van der Waals surface area contributed by atoms with E-state index in [-0.39, 0.29) is 46.8 Å². The van der Waals surface area contributed by atoms with Gasteiger partial charge in [-0.05, 0) is 78.9 Å². The molecule has 0 aliphatic heterocycles. The van der Waals surface area contributed by atoms with Crippen LogP contribution in [-0.4, -0.2) is 44.4 Å². The van der Waals surface area contributed by atoms with E-state index in [9.17, 15) is 22.8 Å². The molecule has 0 aromatic rings. The summed E-state index contributed by atoms with van der Waals surface area (Å²) in [6, 6.07) is 0. The van der Waals surface area contributed by atoms with Crippen molar-refractivity contribution < 1.29 is 22.8 Å². The van der Waals surface area contributed by atoms with E-state index in [4.69, 9.17) is 0 Å². The van der Waals surface area contributed by atoms with Gasteiger partial charge < -0.3 is 5.32 Å². The highest BCUT2D eigenvalue weighted by Crippen LogP contribution is 2.67. The first kappa shape index (κ1) is 26.8. The Morgan fingerprint density at radius 3 is 2.40 bits per heavy atom. The third-order valence-electron chi connectivity index (χ3n) is 11.0. The van der Waals surface area contributed by atoms with Crippen molar-refractivity contribution in [2.75, 3.05) is 18.6 Å². The third kappa shape index (κ3) is 5.00. The summed E-state index contributed by atoms with van der Waals surface area (Å²) < 4.78 is 22.7. The van der Waals surface area contributed by atoms with Crippen molar-refractivity contribution in [3.63, 3.8) is 0 Å². The van der Waals surface area contributed by atoms with E-state index in [1.807, 2.05) is 6.92 Å². The van der Waals surface area contributed by atoms with Gasteiger partial charge >= 0.3 is 0 Å². The average molecular weight is 508 g/mol. The third-order valence-corrected chi connectivity index (χ3v) is 11.9. The number of carbonyl (C=O) groups excluding carboxylic acids is 3. The summed E-state index contributed by atoms with van der Waals surface area (Å²) in [7, 11) is -3.09. The van der Waals surface area contributed by atoms with Crippen LogP contribution < -0.4 is 5.32 Å². The summed E-state index contributed by atoms with van der Waals surface area (Å²) in [4.78, 5) is 38.3. The summed E-state index contributed by atoms with van der Waals surface area (Å²) >= 11 is 0. The Morgan fingerprint density at radius 1 is 1.03 bits per heavy atom. The monoisotopic (exact) mass is 507 g/mol. The van der Waals surface area contributed by atoms with Crippen LogP contribution in [0.4, 0.5) is 0 Å². The Balaban J connectivity index is 1.43. The smallest absolute Gasteiger partial charge is 0.222 e. The predicted octanol–water partition coefficient (Wildman–Crippen LogP) is 4.22. The molecule has 0 spiro atoms. The number of fused-ring (bicyclic) bond motifs is 5. The number of amides is 1. The summed E-state index contributed by atoms with van der Waals surface area (Å²) in [5, 5.41) is 2.79. The standard InChI is InChI=1S/C28H45NO5S/c1-17(14-18(2)26(32)29-12-13-35(5,33)34)21-6-7-22-25-23(9-11-28(21,22)4)27(3)10-8-20(30)15-19(27)16-24(25)31/h17-19,21-23,25H,6-16H2,1-5H3,(H,29,32)/t17-,18+,19?,21-,22?,23?,25?,27+,28-/m1/s1. The van der Waals surface area contributed by atoms with Crippen molar-refractivity contribution in [2.24, 2.45) is 52.3 Å². The minimum atomic E-state index is -3.09. The molecule has 9 atom stereocenters. The lowest BCUT2D eigenvalue weighted by Gasteiger charge is -2.59. The zero-order valence-corrected chi connectivity index (χ0v) is 23.1. The van der Waals surface area contributed by atoms with Crippen LogP contribution in [0, 0.1) is 52.3 Å². The van der Waals surface area contributed by atoms with E-state index < -0.39 is 9.84 Å². The predicted molar refractivity (Wildman–Crippen MR) is 136 cm³/mol. The first-order valence-corrected chi connectivity index (χ1v) is 15.8. The molecular weight excluding hydrogens is 462 g/mol. The molecule has 7 heteroatoms. The van der Waals surface area contributed by atoms with Gasteiger partial charge in [-0.2, -0.15) is 0 Å². The van der Waals surface area contributed by atoms with Gasteiger partial charge in [0.05, 0.1) is 5.75 Å². The van der Waals surface area contributed by atoms with Crippen LogP contribution in [-0.2, 0) is 24.2 Å². The fourth-order valence-electron chi connectivity index (χ4n) is 9.06. The highest BCUT2D eigenvalue weighted by molar-refractivity contribution is 7.90. The van der Waals surface area contributed by atoms with Crippen LogP contribution in [0.2, 0.25) is 0 Å². The molecule has 4 aliphatic carbocycles. The summed E-state index contributed by atoms with van der Waals surface area (Å²) in [5.41, 5.74) is 0.243. The maximum Gasteiger partial charge on any atom is 0.222 e. The molecule has 0 aromatic heterocycles. The minimum absolute atomic E-state index is 0.0338. The van der Waals surface area contributed by atoms with Gasteiger partial charge in [0.1, 0.15) is 21.4 Å². The molecule has 35 heavy (non-hydrogen) atoms. The molecule has 198 valence electrons. The summed E-state index contributed by atoms with van der Waals surface area (Å²) in [5.74, 6) is 2.53. The van der Waals surface area contributed by atoms with Gasteiger partial charge in [0, 0.05) is 43.9 Å². The topological polar surface area (TPSA) is 97.4 Å². The van der Waals surface area contributed by atoms with Gasteiger partial charge in [0.2, 0.25) is 5.91 Å². The van der Waals surface area contributed by atoms with Crippen LogP contribution in [0.1, 0.15) is 85.5 Å². The van der Waals surface area contributed by atoms with E-state index >= 15 is 0 Å². The van der Waals surface area contributed by atoms with E-state index in [1.54, 1.807) is 0 Å². The molecule has 0 saturated heterocycles. The zero-order valence-electron chi connectivity index (χ0n) is 22.3. The van der Waals surface area contributed by atoms with Crippen LogP contribution in [0.3, 0.4) is 0 Å². The van der Waals surface area contributed by atoms with E-state index in [0.717, 1.165) is 38.5 Å². The number of sulfone groups is 1. The van der Waals surface area contributed by atoms with Crippen LogP contribution in [0.5, 0.6) is 0 Å². The number of rotatable bonds is 7. The van der Waals surface area contributed by atoms with E-state index in [2.05, 4.69) is 26.1 Å². The SMILES string of the molecule is C[C@H](C[C@H](C)C(=O)NCCS(C)(=O)=O)[C@H]1CCC2C3C(=O)CC4CC(=O)CC[C@]4(C)C3CC[C@@]21C. The van der Waals surface area contributed by atoms with Crippen molar-refractivity contribution >= 4 is 27.3 Å². The molecule has 4 aliphatic rings. The Hall–Kier alpha value is -1.24. The van der Waals surface area contributed by atoms with Crippen molar-refractivity contribution in [2.45, 2.75) is 85.5 Å². The number of hydrogen-bond acceptors (Lipinski definition) is 5. The summed E-state index contributed by atoms with van der Waals surface area (Å²) in [6.07, 6.45) is 9.17. The molecule has 0 radical (unpaired) electrons. The Kier molecular flexibility index (Phi) is 7.33. The zero-order chi connectivity index (χ0) is 25.8. The second kappa shape index (κ2) is 9.57. The van der Waals surface area contributed by atoms with E-state index in [0.29, 0.717) is 54.5 Å². The highest BCUT2D eigenvalue weighted by Gasteiger charge is 2.63. The first-order chi connectivity index (χ1) is 16.3. The van der Waals surface area contributed by atoms with Crippen molar-refractivity contribution in [3.8, 4) is 0 Å². The van der Waals surface area contributed by atoms with E-state index in [1.165, 1.54) is 6.26 Å². The molecule has 0 bridgehead atoms. The molecule has 4 unspecified atom stereocenters. The summed E-state index contributed by atoms with van der Waals surface area (Å²) in [6.45, 7) is 9.14. The Labute approximate surface area is 211 Å². The Bertz CT molecular complexity index is 976. The van der Waals surface area contributed by atoms with Crippen LogP contribution >= 0.6 is 0 Å². The quantitative estimate of drug-likeness (QED) is 0.557. The van der Waals surface area contributed by atoms with Crippen molar-refractivity contribution in [3.05, 3.63) is 0 Å². The lowest BCUT2D eigenvalue weighted by Crippen LogP contribution is -2.57. The number of nitrogens with one attached hydrogen (secondary N) is 1. The molecule has 6 nitrogen and oxygen atoms in total. The largest absolute Gasteiger partial charge is 0.355 e. The minimum Gasteiger partial charge on any atom is -0.355 e. The lowest BCUT2D eigenvalue weighted by molar-refractivity contribution is -0.159. The molecule has 0 aromatic carbocycles. The maximum absolute atomic E-state index is 13.5. The lowest BCUT2D eigenvalue weighted by atomic mass is 9.44. The number of carbonyl (C=O) groups is 3. The highest BCUT2D eigenvalue weighted by atomic mass is 32.2. The van der Waals surface area contributed by atoms with Gasteiger partial charge in [0.25, 0.3) is 0 Å². The van der Waals surface area contributed by atoms with Gasteiger partial charge in [0.15, 0.2) is 0 Å². The number of hydrogen-bond donors (Lipinski definition) is 1. The molecule has 1 amide bonds. The second-order valence-electron chi connectivity index (χ2n) is 13.1. The number of ketones is 2. The maximum atomic E-state index is 13.5. The van der Waals surface area contributed by atoms with Crippen LogP contribution in [0.15, 0.2) is 0 Å². The van der Waals surface area contributed by atoms with Gasteiger partial charge in [-0.3, -0.25) is 14.4 Å². The fraction of sp³-hybridized carbons (Fsp3) is 0.893. The van der Waals surface area contributed by atoms with Gasteiger partial charge in [-0.15, -0.1) is 0 Å². The Morgan fingerprint density at radius 2 is 1.71 bits per heavy atom. The molecule has 4 rings (SSSR count). The molecule has 4 fully saturated rings. The molecule has 4 saturated carbocycles. The average Bonchev–Trinajstić information content (AvgIpc) is 3.11. The molecular formula is C28H45NO5S. The fourth-order valence-corrected chi connectivity index (χ4v) is 9.53. The normalized spacial score (nSPS) is 40.9. The first-order valence-electron chi connectivity index (χ1n) is 13.8. The van der Waals surface area contributed by atoms with Crippen molar-refractivity contribution in [1.29, 1.82) is 0 Å². The van der Waals surface area contributed by atoms with Crippen molar-refractivity contribution in [1.82, 2.24) is 5.32 Å². The van der Waals surface area contributed by atoms with Crippen LogP contribution in [0.25, 0.3) is 0 Å². The van der Waals surface area contributed by atoms with Gasteiger partial charge in [-0.1, -0.05) is 27.7 Å². The van der Waals surface area contributed by atoms with Gasteiger partial charge in [-0.25, -0.2) is 8.42 Å². The molecule has 1 N–H and O–H groups in total. The second-order valence-corrected chi connectivity index (χ2v) is 15.4.